The van der Waals surface area contributed by atoms with Crippen LogP contribution in [0.5, 0.6) is 0 Å². The fourth-order valence-corrected chi connectivity index (χ4v) is 5.80. The number of halogens is 1. The van der Waals surface area contributed by atoms with Crippen LogP contribution in [0.1, 0.15) is 35.4 Å². The average Bonchev–Trinajstić information content (AvgIpc) is 3.43. The Hall–Kier alpha value is -3.22. The molecular weight excluding hydrogens is 439 g/mol. The molecule has 1 unspecified atom stereocenters. The molecule has 1 saturated heterocycles. The Morgan fingerprint density at radius 2 is 1.94 bits per heavy atom. The lowest BCUT2D eigenvalue weighted by molar-refractivity contribution is -0.110. The number of piperazine rings is 1. The summed E-state index contributed by atoms with van der Waals surface area (Å²) in [6, 6.07) is 14.5. The highest BCUT2D eigenvalue weighted by atomic mass is 19.1. The molecule has 3 aliphatic rings. The second kappa shape index (κ2) is 9.44. The number of hydrogen-bond acceptors (Lipinski definition) is 3. The van der Waals surface area contributed by atoms with Crippen molar-refractivity contribution in [1.29, 1.82) is 0 Å². The number of hydrogen-bond donors (Lipinski definition) is 3. The van der Waals surface area contributed by atoms with Gasteiger partial charge in [0.1, 0.15) is 5.82 Å². The third kappa shape index (κ3) is 4.56. The van der Waals surface area contributed by atoms with Crippen LogP contribution in [0.3, 0.4) is 0 Å². The molecule has 6 rings (SSSR count). The number of carbonyl (C=O) groups is 1. The van der Waals surface area contributed by atoms with Gasteiger partial charge >= 0.3 is 0 Å². The minimum atomic E-state index is -0.286. The highest BCUT2D eigenvalue weighted by Crippen LogP contribution is 2.41. The monoisotopic (exact) mass is 470 g/mol. The molecule has 3 heterocycles. The number of benzene rings is 2. The number of nitrogens with one attached hydrogen (secondary N) is 3. The van der Waals surface area contributed by atoms with Gasteiger partial charge in [0.05, 0.1) is 5.57 Å². The van der Waals surface area contributed by atoms with E-state index < -0.39 is 0 Å². The second-order valence-corrected chi connectivity index (χ2v) is 9.97. The number of fused-ring (bicyclic) bond motifs is 2. The van der Waals surface area contributed by atoms with Crippen LogP contribution < -0.4 is 10.6 Å². The van der Waals surface area contributed by atoms with Gasteiger partial charge in [-0.05, 0) is 85.2 Å². The number of nitrogens with zero attached hydrogens (tertiary/aromatic N) is 1. The van der Waals surface area contributed by atoms with E-state index in [0.29, 0.717) is 11.5 Å². The van der Waals surface area contributed by atoms with Gasteiger partial charge in [0.2, 0.25) is 0 Å². The van der Waals surface area contributed by atoms with Gasteiger partial charge in [-0.25, -0.2) is 4.39 Å². The number of carbonyl (C=O) groups excluding carboxylic acids is 1. The Bertz CT molecular complexity index is 1290. The van der Waals surface area contributed by atoms with Crippen molar-refractivity contribution in [3.63, 3.8) is 0 Å². The van der Waals surface area contributed by atoms with Crippen molar-refractivity contribution >= 4 is 23.2 Å². The first-order valence-corrected chi connectivity index (χ1v) is 12.7. The molecule has 3 aromatic rings. The van der Waals surface area contributed by atoms with Crippen molar-refractivity contribution in [3.05, 3.63) is 76.9 Å². The van der Waals surface area contributed by atoms with Gasteiger partial charge in [-0.1, -0.05) is 24.3 Å². The first-order valence-electron chi connectivity index (χ1n) is 12.7. The van der Waals surface area contributed by atoms with E-state index in [1.165, 1.54) is 42.8 Å². The van der Waals surface area contributed by atoms with Gasteiger partial charge in [0, 0.05) is 48.8 Å². The summed E-state index contributed by atoms with van der Waals surface area (Å²) >= 11 is 0. The fourth-order valence-electron chi connectivity index (χ4n) is 5.80. The number of H-pyrrole nitrogens is 1. The van der Waals surface area contributed by atoms with E-state index in [1.54, 1.807) is 6.07 Å². The maximum atomic E-state index is 13.9. The summed E-state index contributed by atoms with van der Waals surface area (Å²) in [6.07, 6.45) is 6.56. The van der Waals surface area contributed by atoms with Crippen LogP contribution in [0.15, 0.2) is 48.5 Å². The molecule has 180 valence electrons. The molecule has 0 bridgehead atoms. The third-order valence-electron chi connectivity index (χ3n) is 7.65. The van der Waals surface area contributed by atoms with Gasteiger partial charge < -0.3 is 20.5 Å². The Morgan fingerprint density at radius 3 is 2.80 bits per heavy atom. The second-order valence-electron chi connectivity index (χ2n) is 9.97. The summed E-state index contributed by atoms with van der Waals surface area (Å²) in [6.45, 7) is 5.69. The largest absolute Gasteiger partial charge is 0.359 e. The van der Waals surface area contributed by atoms with Crippen LogP contribution >= 0.6 is 0 Å². The Balaban J connectivity index is 1.24. The van der Waals surface area contributed by atoms with Crippen molar-refractivity contribution in [1.82, 2.24) is 15.2 Å². The van der Waals surface area contributed by atoms with Crippen LogP contribution in [-0.2, 0) is 17.6 Å². The SMILES string of the molecule is O=C1Nc2cccc(-c3cccc(F)c3)c2C1=Cc1cc2c([nH]1)CCC(CCN1CCNCC1)C2. The zero-order chi connectivity index (χ0) is 23.8. The topological polar surface area (TPSA) is 60.2 Å². The van der Waals surface area contributed by atoms with Crippen LogP contribution in [0.2, 0.25) is 0 Å². The summed E-state index contributed by atoms with van der Waals surface area (Å²) in [5.74, 6) is 0.306. The van der Waals surface area contributed by atoms with Crippen LogP contribution in [0.4, 0.5) is 10.1 Å². The molecule has 6 heteroatoms. The number of aromatic amines is 1. The van der Waals surface area contributed by atoms with Crippen molar-refractivity contribution in [3.8, 4) is 11.1 Å². The van der Waals surface area contributed by atoms with E-state index in [0.717, 1.165) is 67.1 Å². The zero-order valence-corrected chi connectivity index (χ0v) is 19.9. The molecule has 1 amide bonds. The molecule has 2 aliphatic heterocycles. The highest BCUT2D eigenvalue weighted by molar-refractivity contribution is 6.36. The van der Waals surface area contributed by atoms with E-state index in [-0.39, 0.29) is 11.7 Å². The molecule has 0 saturated carbocycles. The van der Waals surface area contributed by atoms with E-state index in [4.69, 9.17) is 0 Å². The Morgan fingerprint density at radius 1 is 1.09 bits per heavy atom. The summed E-state index contributed by atoms with van der Waals surface area (Å²) in [4.78, 5) is 19.1. The van der Waals surface area contributed by atoms with Gasteiger partial charge in [0.15, 0.2) is 0 Å². The van der Waals surface area contributed by atoms with E-state index in [2.05, 4.69) is 26.6 Å². The van der Waals surface area contributed by atoms with Gasteiger partial charge in [-0.15, -0.1) is 0 Å². The smallest absolute Gasteiger partial charge is 0.256 e. The lowest BCUT2D eigenvalue weighted by Crippen LogP contribution is -2.44. The van der Waals surface area contributed by atoms with Crippen molar-refractivity contribution < 1.29 is 9.18 Å². The molecule has 3 N–H and O–H groups in total. The lowest BCUT2D eigenvalue weighted by Gasteiger charge is -2.30. The van der Waals surface area contributed by atoms with E-state index in [9.17, 15) is 9.18 Å². The molecule has 1 atom stereocenters. The summed E-state index contributed by atoms with van der Waals surface area (Å²) < 4.78 is 13.9. The number of anilines is 1. The third-order valence-corrected chi connectivity index (χ3v) is 7.65. The first kappa shape index (κ1) is 22.3. The lowest BCUT2D eigenvalue weighted by atomic mass is 9.85. The van der Waals surface area contributed by atoms with Gasteiger partial charge in [-0.3, -0.25) is 4.79 Å². The van der Waals surface area contributed by atoms with Crippen LogP contribution in [-0.4, -0.2) is 48.5 Å². The van der Waals surface area contributed by atoms with Gasteiger partial charge in [-0.2, -0.15) is 0 Å². The van der Waals surface area contributed by atoms with E-state index in [1.807, 2.05) is 30.3 Å². The molecule has 1 aromatic heterocycles. The first-order chi connectivity index (χ1) is 17.1. The molecule has 1 fully saturated rings. The molecular formula is C29H31FN4O. The normalized spacial score (nSPS) is 21.1. The molecule has 2 aromatic carbocycles. The summed E-state index contributed by atoms with van der Waals surface area (Å²) in [5, 5.41) is 6.41. The maximum absolute atomic E-state index is 13.9. The Kier molecular flexibility index (Phi) is 6.00. The molecule has 0 radical (unpaired) electrons. The highest BCUT2D eigenvalue weighted by Gasteiger charge is 2.28. The minimum Gasteiger partial charge on any atom is -0.359 e. The summed E-state index contributed by atoms with van der Waals surface area (Å²) in [5.41, 5.74) is 7.49. The average molecular weight is 471 g/mol. The summed E-state index contributed by atoms with van der Waals surface area (Å²) in [7, 11) is 0. The van der Waals surface area contributed by atoms with Crippen molar-refractivity contribution in [2.45, 2.75) is 25.7 Å². The van der Waals surface area contributed by atoms with Crippen molar-refractivity contribution in [2.75, 3.05) is 38.0 Å². The number of aryl methyl sites for hydroxylation is 1. The fraction of sp³-hybridized carbons (Fsp3) is 0.345. The standard InChI is InChI=1S/C29H31FN4O/c30-22-4-1-3-20(16-22)24-5-2-6-27-28(24)25(29(35)33-27)18-23-17-21-15-19(7-8-26(21)32-23)9-12-34-13-10-31-11-14-34/h1-6,16-19,31-32H,7-15H2,(H,33,35). The maximum Gasteiger partial charge on any atom is 0.256 e. The number of rotatable bonds is 5. The van der Waals surface area contributed by atoms with E-state index >= 15 is 0 Å². The molecule has 5 nitrogen and oxygen atoms in total. The van der Waals surface area contributed by atoms with Crippen LogP contribution in [0.25, 0.3) is 22.8 Å². The number of amides is 1. The number of aromatic nitrogens is 1. The quantitative estimate of drug-likeness (QED) is 0.473. The van der Waals surface area contributed by atoms with Crippen molar-refractivity contribution in [2.24, 2.45) is 5.92 Å². The predicted molar refractivity (Wildman–Crippen MR) is 139 cm³/mol. The zero-order valence-electron chi connectivity index (χ0n) is 19.9. The Labute approximate surface area is 205 Å². The molecule has 0 spiro atoms. The minimum absolute atomic E-state index is 0.120. The molecule has 1 aliphatic carbocycles. The van der Waals surface area contributed by atoms with Crippen LogP contribution in [0, 0.1) is 11.7 Å². The molecule has 35 heavy (non-hydrogen) atoms. The van der Waals surface area contributed by atoms with Gasteiger partial charge in [0.25, 0.3) is 5.91 Å². The predicted octanol–water partition coefficient (Wildman–Crippen LogP) is 4.71.